The van der Waals surface area contributed by atoms with Crippen LogP contribution in [0.5, 0.6) is 0 Å². The fraction of sp³-hybridized carbons (Fsp3) is 0. The first kappa shape index (κ1) is 17.3. The Morgan fingerprint density at radius 2 is 1.76 bits per heavy atom. The number of carbonyl (C=O) groups is 1. The first-order valence-electron chi connectivity index (χ1n) is 7.08. The average Bonchev–Trinajstić information content (AvgIpc) is 3.29. The van der Waals surface area contributed by atoms with Gasteiger partial charge in [0.05, 0.1) is 17.5 Å². The highest BCUT2D eigenvalue weighted by atomic mass is 32.2. The topological polar surface area (TPSA) is 87.6 Å². The third-order valence-corrected chi connectivity index (χ3v) is 6.65. The molecule has 2 aromatic heterocycles. The minimum Gasteiger partial charge on any atom is -0.278 e. The largest absolute Gasteiger partial charge is 0.278 e. The Morgan fingerprint density at radius 3 is 2.48 bits per heavy atom. The normalized spacial score (nSPS) is 11.5. The predicted octanol–water partition coefficient (Wildman–Crippen LogP) is 3.37. The highest BCUT2D eigenvalue weighted by Crippen LogP contribution is 2.22. The molecule has 0 saturated carbocycles. The second kappa shape index (κ2) is 7.60. The number of para-hydroxylation sites is 1. The molecule has 0 fully saturated rings. The molecule has 1 amide bonds. The van der Waals surface area contributed by atoms with E-state index in [9.17, 15) is 13.2 Å². The number of nitrogens with zero attached hydrogens (tertiary/aromatic N) is 1. The minimum absolute atomic E-state index is 0.179. The van der Waals surface area contributed by atoms with Crippen LogP contribution < -0.4 is 10.1 Å². The number of hydrogen-bond donors (Lipinski definition) is 2. The van der Waals surface area contributed by atoms with Gasteiger partial charge in [0.25, 0.3) is 15.9 Å². The Morgan fingerprint density at radius 1 is 1.00 bits per heavy atom. The Labute approximate surface area is 152 Å². The predicted molar refractivity (Wildman–Crippen MR) is 101 cm³/mol. The van der Waals surface area contributed by atoms with E-state index in [1.165, 1.54) is 35.8 Å². The van der Waals surface area contributed by atoms with E-state index in [1.54, 1.807) is 23.6 Å². The van der Waals surface area contributed by atoms with Crippen LogP contribution in [0.25, 0.3) is 0 Å². The number of hydrogen-bond acceptors (Lipinski definition) is 6. The molecule has 2 N–H and O–H groups in total. The Hall–Kier alpha value is -2.49. The Balaban J connectivity index is 1.77. The second-order valence-corrected chi connectivity index (χ2v) is 8.63. The zero-order chi connectivity index (χ0) is 17.7. The van der Waals surface area contributed by atoms with Crippen LogP contribution in [0.1, 0.15) is 15.2 Å². The van der Waals surface area contributed by atoms with Crippen molar-refractivity contribution in [1.29, 1.82) is 0 Å². The van der Waals surface area contributed by atoms with E-state index in [-0.39, 0.29) is 15.5 Å². The third-order valence-electron chi connectivity index (χ3n) is 3.08. The number of carbonyl (C=O) groups excluding carboxylic acids is 1. The summed E-state index contributed by atoms with van der Waals surface area (Å²) in [5.74, 6) is -0.503. The molecule has 0 aliphatic rings. The summed E-state index contributed by atoms with van der Waals surface area (Å²) >= 11 is 2.59. The minimum atomic E-state index is -3.73. The van der Waals surface area contributed by atoms with Gasteiger partial charge in [0, 0.05) is 4.88 Å². The molecular formula is C16H13N3O3S3. The van der Waals surface area contributed by atoms with E-state index in [4.69, 9.17) is 0 Å². The molecule has 0 aliphatic heterocycles. The molecule has 1 aromatic carbocycles. The number of thiophene rings is 2. The van der Waals surface area contributed by atoms with E-state index >= 15 is 0 Å². The first-order valence-corrected chi connectivity index (χ1v) is 10.3. The van der Waals surface area contributed by atoms with Gasteiger partial charge in [-0.1, -0.05) is 24.3 Å². The quantitative estimate of drug-likeness (QED) is 0.499. The van der Waals surface area contributed by atoms with E-state index in [2.05, 4.69) is 15.2 Å². The first-order chi connectivity index (χ1) is 12.1. The molecule has 3 rings (SSSR count). The highest BCUT2D eigenvalue weighted by Gasteiger charge is 2.19. The zero-order valence-electron chi connectivity index (χ0n) is 12.7. The average molecular weight is 391 g/mol. The fourth-order valence-corrected chi connectivity index (χ4v) is 4.62. The maximum Gasteiger partial charge on any atom is 0.273 e. The lowest BCUT2D eigenvalue weighted by Crippen LogP contribution is -2.21. The lowest BCUT2D eigenvalue weighted by Gasteiger charge is -2.10. The van der Waals surface area contributed by atoms with Gasteiger partial charge in [0.2, 0.25) is 0 Å². The highest BCUT2D eigenvalue weighted by molar-refractivity contribution is 7.94. The van der Waals surface area contributed by atoms with E-state index in [1.807, 2.05) is 17.5 Å². The molecule has 0 spiro atoms. The molecule has 128 valence electrons. The van der Waals surface area contributed by atoms with Gasteiger partial charge in [-0.15, -0.1) is 22.7 Å². The molecule has 0 unspecified atom stereocenters. The summed E-state index contributed by atoms with van der Waals surface area (Å²) in [5, 5.41) is 7.46. The molecule has 0 bridgehead atoms. The van der Waals surface area contributed by atoms with Crippen LogP contribution in [0.2, 0.25) is 0 Å². The van der Waals surface area contributed by atoms with Gasteiger partial charge < -0.3 is 0 Å². The van der Waals surface area contributed by atoms with Gasteiger partial charge >= 0.3 is 0 Å². The molecule has 0 saturated heterocycles. The number of nitrogens with one attached hydrogen (secondary N) is 2. The lowest BCUT2D eigenvalue weighted by molar-refractivity contribution is 0.0956. The Bertz CT molecular complexity index is 979. The molecule has 0 atom stereocenters. The molecule has 3 aromatic rings. The number of amides is 1. The number of sulfonamides is 1. The summed E-state index contributed by atoms with van der Waals surface area (Å²) < 4.78 is 27.3. The van der Waals surface area contributed by atoms with Crippen LogP contribution in [-0.2, 0) is 10.0 Å². The summed E-state index contributed by atoms with van der Waals surface area (Å²) in [7, 11) is -3.73. The van der Waals surface area contributed by atoms with Crippen LogP contribution in [0.15, 0.2) is 68.6 Å². The van der Waals surface area contributed by atoms with Crippen molar-refractivity contribution in [2.24, 2.45) is 5.10 Å². The number of benzene rings is 1. The molecule has 9 heteroatoms. The number of anilines is 1. The summed E-state index contributed by atoms with van der Waals surface area (Å²) in [6.45, 7) is 0. The van der Waals surface area contributed by atoms with Crippen molar-refractivity contribution in [3.05, 3.63) is 69.7 Å². The molecule has 2 heterocycles. The maximum atomic E-state index is 12.3. The van der Waals surface area contributed by atoms with Crippen LogP contribution in [0.3, 0.4) is 0 Å². The summed E-state index contributed by atoms with van der Waals surface area (Å²) in [4.78, 5) is 13.2. The SMILES string of the molecule is O=C(N/N=C/c1cccs1)c1ccccc1NS(=O)(=O)c1cccs1. The fourth-order valence-electron chi connectivity index (χ4n) is 1.96. The molecule has 25 heavy (non-hydrogen) atoms. The lowest BCUT2D eigenvalue weighted by atomic mass is 10.2. The van der Waals surface area contributed by atoms with E-state index in [0.717, 1.165) is 16.2 Å². The van der Waals surface area contributed by atoms with Crippen LogP contribution in [0, 0.1) is 0 Å². The maximum absolute atomic E-state index is 12.3. The van der Waals surface area contributed by atoms with Crippen LogP contribution >= 0.6 is 22.7 Å². The van der Waals surface area contributed by atoms with Crippen molar-refractivity contribution >= 4 is 50.5 Å². The van der Waals surface area contributed by atoms with Crippen molar-refractivity contribution in [3.8, 4) is 0 Å². The van der Waals surface area contributed by atoms with Crippen LogP contribution in [-0.4, -0.2) is 20.5 Å². The van der Waals surface area contributed by atoms with Gasteiger partial charge in [0.1, 0.15) is 4.21 Å². The molecule has 6 nitrogen and oxygen atoms in total. The van der Waals surface area contributed by atoms with E-state index in [0.29, 0.717) is 0 Å². The standard InChI is InChI=1S/C16H13N3O3S3/c20-16(18-17-11-12-5-3-9-23-12)13-6-1-2-7-14(13)19-25(21,22)15-8-4-10-24-15/h1-11,19H,(H,18,20)/b17-11+. The summed E-state index contributed by atoms with van der Waals surface area (Å²) in [6, 6.07) is 13.3. The summed E-state index contributed by atoms with van der Waals surface area (Å²) in [5.41, 5.74) is 2.78. The van der Waals surface area contributed by atoms with Crippen LogP contribution in [0.4, 0.5) is 5.69 Å². The van der Waals surface area contributed by atoms with E-state index < -0.39 is 15.9 Å². The van der Waals surface area contributed by atoms with Crippen molar-refractivity contribution in [1.82, 2.24) is 5.43 Å². The molecule has 0 radical (unpaired) electrons. The van der Waals surface area contributed by atoms with Crippen molar-refractivity contribution in [2.45, 2.75) is 4.21 Å². The van der Waals surface area contributed by atoms with Gasteiger partial charge in [-0.3, -0.25) is 9.52 Å². The van der Waals surface area contributed by atoms with Crippen molar-refractivity contribution in [3.63, 3.8) is 0 Å². The molecular weight excluding hydrogens is 378 g/mol. The third kappa shape index (κ3) is 4.32. The Kier molecular flexibility index (Phi) is 5.27. The number of hydrazone groups is 1. The molecule has 0 aliphatic carbocycles. The number of rotatable bonds is 6. The van der Waals surface area contributed by atoms with Crippen molar-refractivity contribution in [2.75, 3.05) is 4.72 Å². The van der Waals surface area contributed by atoms with Gasteiger partial charge in [-0.2, -0.15) is 5.10 Å². The zero-order valence-corrected chi connectivity index (χ0v) is 15.2. The van der Waals surface area contributed by atoms with Gasteiger partial charge in [0.15, 0.2) is 0 Å². The van der Waals surface area contributed by atoms with Gasteiger partial charge in [-0.05, 0) is 35.0 Å². The smallest absolute Gasteiger partial charge is 0.273 e. The summed E-state index contributed by atoms with van der Waals surface area (Å²) in [6.07, 6.45) is 1.53. The van der Waals surface area contributed by atoms with Gasteiger partial charge in [-0.25, -0.2) is 13.8 Å². The second-order valence-electron chi connectivity index (χ2n) is 4.80. The van der Waals surface area contributed by atoms with Crippen molar-refractivity contribution < 1.29 is 13.2 Å². The monoisotopic (exact) mass is 391 g/mol.